The molecule has 0 fully saturated rings. The molecule has 3 heteroatoms. The highest BCUT2D eigenvalue weighted by Crippen LogP contribution is 2.50. The SMILES string of the molecule is Cc1c(Cl)ccc2c1Sc1ccccc1S2. The number of rotatable bonds is 0. The standard InChI is InChI=1S/C13H9ClS2/c1-8-9(14)6-7-12-13(8)16-11-5-3-2-4-10(11)15-12/h2-7H,1H3. The Kier molecular flexibility index (Phi) is 2.66. The average Bonchev–Trinajstić information content (AvgIpc) is 2.32. The second kappa shape index (κ2) is 4.02. The Labute approximate surface area is 108 Å². The van der Waals surface area contributed by atoms with Gasteiger partial charge in [0.25, 0.3) is 0 Å². The third kappa shape index (κ3) is 1.65. The largest absolute Gasteiger partial charge is 0.0877 e. The summed E-state index contributed by atoms with van der Waals surface area (Å²) in [5.41, 5.74) is 1.19. The molecule has 2 aromatic carbocycles. The van der Waals surface area contributed by atoms with Crippen LogP contribution in [-0.2, 0) is 0 Å². The van der Waals surface area contributed by atoms with Gasteiger partial charge in [0, 0.05) is 24.6 Å². The van der Waals surface area contributed by atoms with Crippen molar-refractivity contribution in [1.82, 2.24) is 0 Å². The van der Waals surface area contributed by atoms with E-state index in [1.165, 1.54) is 25.1 Å². The Morgan fingerprint density at radius 2 is 1.56 bits per heavy atom. The lowest BCUT2D eigenvalue weighted by Gasteiger charge is -2.20. The summed E-state index contributed by atoms with van der Waals surface area (Å²) in [7, 11) is 0. The molecule has 0 aromatic heterocycles. The Bertz CT molecular complexity index is 564. The highest BCUT2D eigenvalue weighted by molar-refractivity contribution is 8.05. The minimum absolute atomic E-state index is 0.853. The molecule has 0 unspecified atom stereocenters. The van der Waals surface area contributed by atoms with Crippen LogP contribution in [-0.4, -0.2) is 0 Å². The van der Waals surface area contributed by atoms with E-state index in [1.807, 2.05) is 29.6 Å². The van der Waals surface area contributed by atoms with E-state index in [9.17, 15) is 0 Å². The van der Waals surface area contributed by atoms with Gasteiger partial charge in [-0.25, -0.2) is 0 Å². The Hall–Kier alpha value is -0.570. The maximum Gasteiger partial charge on any atom is 0.0447 e. The van der Waals surface area contributed by atoms with Crippen molar-refractivity contribution in [2.75, 3.05) is 0 Å². The zero-order valence-corrected chi connectivity index (χ0v) is 11.0. The zero-order chi connectivity index (χ0) is 11.1. The maximum absolute atomic E-state index is 6.15. The quantitative estimate of drug-likeness (QED) is 0.543. The van der Waals surface area contributed by atoms with Gasteiger partial charge in [0.1, 0.15) is 0 Å². The Balaban J connectivity index is 2.16. The highest BCUT2D eigenvalue weighted by atomic mass is 35.5. The summed E-state index contributed by atoms with van der Waals surface area (Å²) in [5, 5.41) is 0.853. The molecule has 0 nitrogen and oxygen atoms in total. The minimum atomic E-state index is 0.853. The van der Waals surface area contributed by atoms with Crippen molar-refractivity contribution in [2.24, 2.45) is 0 Å². The summed E-state index contributed by atoms with van der Waals surface area (Å²) in [6.07, 6.45) is 0. The van der Waals surface area contributed by atoms with Crippen molar-refractivity contribution in [3.05, 3.63) is 47.0 Å². The molecule has 1 aliphatic rings. The number of hydrogen-bond donors (Lipinski definition) is 0. The first-order valence-corrected chi connectivity index (χ1v) is 7.00. The molecule has 0 saturated carbocycles. The second-order valence-corrected chi connectivity index (χ2v) is 6.19. The van der Waals surface area contributed by atoms with E-state index in [0.717, 1.165) is 5.02 Å². The molecule has 16 heavy (non-hydrogen) atoms. The molecule has 80 valence electrons. The maximum atomic E-state index is 6.15. The molecule has 1 aliphatic heterocycles. The van der Waals surface area contributed by atoms with E-state index in [4.69, 9.17) is 11.6 Å². The topological polar surface area (TPSA) is 0 Å². The van der Waals surface area contributed by atoms with E-state index in [1.54, 1.807) is 0 Å². The lowest BCUT2D eigenvalue weighted by atomic mass is 10.2. The molecule has 0 atom stereocenters. The smallest absolute Gasteiger partial charge is 0.0447 e. The Morgan fingerprint density at radius 3 is 2.31 bits per heavy atom. The fourth-order valence-electron chi connectivity index (χ4n) is 1.70. The summed E-state index contributed by atoms with van der Waals surface area (Å²) < 4.78 is 0. The van der Waals surface area contributed by atoms with Gasteiger partial charge in [0.2, 0.25) is 0 Å². The lowest BCUT2D eigenvalue weighted by molar-refractivity contribution is 1.12. The zero-order valence-electron chi connectivity index (χ0n) is 8.66. The van der Waals surface area contributed by atoms with Crippen molar-refractivity contribution in [2.45, 2.75) is 26.5 Å². The fourth-order valence-corrected chi connectivity index (χ4v) is 4.31. The van der Waals surface area contributed by atoms with Gasteiger partial charge in [0.05, 0.1) is 0 Å². The van der Waals surface area contributed by atoms with E-state index in [0.29, 0.717) is 0 Å². The minimum Gasteiger partial charge on any atom is -0.0877 e. The molecule has 0 bridgehead atoms. The molecule has 2 aromatic rings. The third-order valence-electron chi connectivity index (χ3n) is 2.58. The third-order valence-corrected chi connectivity index (χ3v) is 5.69. The number of fused-ring (bicyclic) bond motifs is 2. The lowest BCUT2D eigenvalue weighted by Crippen LogP contribution is -1.92. The van der Waals surface area contributed by atoms with Crippen LogP contribution in [0.15, 0.2) is 56.0 Å². The van der Waals surface area contributed by atoms with Gasteiger partial charge in [-0.3, -0.25) is 0 Å². The summed E-state index contributed by atoms with van der Waals surface area (Å²) in [6.45, 7) is 2.09. The van der Waals surface area contributed by atoms with Crippen LogP contribution in [0.1, 0.15) is 5.56 Å². The van der Waals surface area contributed by atoms with Gasteiger partial charge < -0.3 is 0 Å². The van der Waals surface area contributed by atoms with Crippen LogP contribution in [0, 0.1) is 6.92 Å². The number of hydrogen-bond acceptors (Lipinski definition) is 2. The summed E-state index contributed by atoms with van der Waals surface area (Å²) in [4.78, 5) is 5.27. The predicted molar refractivity (Wildman–Crippen MR) is 70.9 cm³/mol. The van der Waals surface area contributed by atoms with Gasteiger partial charge in [-0.15, -0.1) is 0 Å². The van der Waals surface area contributed by atoms with Crippen LogP contribution in [0.3, 0.4) is 0 Å². The molecule has 0 amide bonds. The first-order valence-electron chi connectivity index (χ1n) is 4.99. The van der Waals surface area contributed by atoms with Crippen molar-refractivity contribution < 1.29 is 0 Å². The first-order chi connectivity index (χ1) is 7.75. The van der Waals surface area contributed by atoms with Gasteiger partial charge in [0.15, 0.2) is 0 Å². The van der Waals surface area contributed by atoms with E-state index >= 15 is 0 Å². The fraction of sp³-hybridized carbons (Fsp3) is 0.0769. The summed E-state index contributed by atoms with van der Waals surface area (Å²) in [6, 6.07) is 12.6. The van der Waals surface area contributed by atoms with Crippen LogP contribution in [0.2, 0.25) is 5.02 Å². The average molecular weight is 265 g/mol. The number of halogens is 1. The van der Waals surface area contributed by atoms with Gasteiger partial charge in [-0.1, -0.05) is 47.3 Å². The molecule has 0 radical (unpaired) electrons. The van der Waals surface area contributed by atoms with E-state index in [2.05, 4.69) is 37.3 Å². The summed E-state index contributed by atoms with van der Waals surface area (Å²) >= 11 is 9.79. The van der Waals surface area contributed by atoms with E-state index in [-0.39, 0.29) is 0 Å². The molecular weight excluding hydrogens is 256 g/mol. The van der Waals surface area contributed by atoms with Crippen LogP contribution in [0.5, 0.6) is 0 Å². The van der Waals surface area contributed by atoms with Crippen molar-refractivity contribution in [1.29, 1.82) is 0 Å². The van der Waals surface area contributed by atoms with Crippen LogP contribution in [0.4, 0.5) is 0 Å². The van der Waals surface area contributed by atoms with Crippen LogP contribution in [0.25, 0.3) is 0 Å². The highest BCUT2D eigenvalue weighted by Gasteiger charge is 2.18. The van der Waals surface area contributed by atoms with Gasteiger partial charge >= 0.3 is 0 Å². The van der Waals surface area contributed by atoms with Crippen molar-refractivity contribution in [3.8, 4) is 0 Å². The molecular formula is C13H9ClS2. The van der Waals surface area contributed by atoms with Crippen molar-refractivity contribution >= 4 is 35.1 Å². The second-order valence-electron chi connectivity index (χ2n) is 3.65. The normalized spacial score (nSPS) is 13.1. The molecule has 0 N–H and O–H groups in total. The molecule has 0 spiro atoms. The summed E-state index contributed by atoms with van der Waals surface area (Å²) in [5.74, 6) is 0. The van der Waals surface area contributed by atoms with E-state index < -0.39 is 0 Å². The van der Waals surface area contributed by atoms with Crippen molar-refractivity contribution in [3.63, 3.8) is 0 Å². The molecule has 1 heterocycles. The predicted octanol–water partition coefficient (Wildman–Crippen LogP) is 5.26. The first kappa shape index (κ1) is 10.6. The van der Waals surface area contributed by atoms with Gasteiger partial charge in [-0.2, -0.15) is 0 Å². The molecule has 0 saturated heterocycles. The monoisotopic (exact) mass is 264 g/mol. The number of benzene rings is 2. The van der Waals surface area contributed by atoms with Crippen LogP contribution < -0.4 is 0 Å². The van der Waals surface area contributed by atoms with Gasteiger partial charge in [-0.05, 0) is 36.8 Å². The van der Waals surface area contributed by atoms with Crippen LogP contribution >= 0.6 is 35.1 Å². The molecule has 0 aliphatic carbocycles. The molecule has 3 rings (SSSR count). The Morgan fingerprint density at radius 1 is 0.875 bits per heavy atom.